The molecule has 3 heteroatoms. The third-order valence-electron chi connectivity index (χ3n) is 3.95. The van der Waals surface area contributed by atoms with Gasteiger partial charge in [0.05, 0.1) is 5.69 Å². The predicted molar refractivity (Wildman–Crippen MR) is 79.8 cm³/mol. The van der Waals surface area contributed by atoms with Gasteiger partial charge in [-0.1, -0.05) is 6.07 Å². The summed E-state index contributed by atoms with van der Waals surface area (Å²) in [4.78, 5) is 2.60. The van der Waals surface area contributed by atoms with Gasteiger partial charge in [0.15, 0.2) is 0 Å². The SMILES string of the molecule is C[C@H](N)c1ccc(N(CC2CC2)C2CC2)c(Br)c1. The Labute approximate surface area is 118 Å². The summed E-state index contributed by atoms with van der Waals surface area (Å²) in [6, 6.07) is 7.48. The highest BCUT2D eigenvalue weighted by molar-refractivity contribution is 9.10. The van der Waals surface area contributed by atoms with Gasteiger partial charge in [-0.15, -0.1) is 0 Å². The molecule has 0 amide bonds. The van der Waals surface area contributed by atoms with Crippen LogP contribution in [0, 0.1) is 5.92 Å². The molecule has 2 nitrogen and oxygen atoms in total. The topological polar surface area (TPSA) is 29.3 Å². The molecule has 1 aromatic rings. The van der Waals surface area contributed by atoms with E-state index in [1.54, 1.807) is 0 Å². The van der Waals surface area contributed by atoms with Crippen LogP contribution in [0.3, 0.4) is 0 Å². The molecule has 2 aliphatic carbocycles. The molecule has 0 aliphatic heterocycles. The van der Waals surface area contributed by atoms with Crippen molar-refractivity contribution in [2.24, 2.45) is 11.7 Å². The Hall–Kier alpha value is -0.540. The molecule has 2 saturated carbocycles. The van der Waals surface area contributed by atoms with Crippen molar-refractivity contribution < 1.29 is 0 Å². The Morgan fingerprint density at radius 1 is 1.33 bits per heavy atom. The standard InChI is InChI=1S/C15H21BrN2/c1-10(17)12-4-7-15(14(16)8-12)18(13-5-6-13)9-11-2-3-11/h4,7-8,10-11,13H,2-3,5-6,9,17H2,1H3/t10-/m0/s1. The third-order valence-corrected chi connectivity index (χ3v) is 4.58. The van der Waals surface area contributed by atoms with Crippen molar-refractivity contribution in [1.82, 2.24) is 0 Å². The normalized spacial score (nSPS) is 20.8. The molecule has 0 spiro atoms. The van der Waals surface area contributed by atoms with Crippen molar-refractivity contribution in [1.29, 1.82) is 0 Å². The van der Waals surface area contributed by atoms with Crippen molar-refractivity contribution in [3.05, 3.63) is 28.2 Å². The Kier molecular flexibility index (Phi) is 3.37. The second-order valence-corrected chi connectivity index (χ2v) is 6.68. The zero-order chi connectivity index (χ0) is 12.7. The second kappa shape index (κ2) is 4.86. The van der Waals surface area contributed by atoms with E-state index in [2.05, 4.69) is 39.0 Å². The summed E-state index contributed by atoms with van der Waals surface area (Å²) in [6.45, 7) is 3.27. The Morgan fingerprint density at radius 2 is 2.06 bits per heavy atom. The van der Waals surface area contributed by atoms with Crippen LogP contribution in [0.5, 0.6) is 0 Å². The van der Waals surface area contributed by atoms with Gasteiger partial charge in [-0.3, -0.25) is 0 Å². The maximum atomic E-state index is 5.94. The summed E-state index contributed by atoms with van der Waals surface area (Å²) >= 11 is 3.73. The Bertz CT molecular complexity index is 436. The van der Waals surface area contributed by atoms with E-state index in [0.29, 0.717) is 0 Å². The summed E-state index contributed by atoms with van der Waals surface area (Å²) in [5.41, 5.74) is 8.49. The smallest absolute Gasteiger partial charge is 0.0513 e. The number of benzene rings is 1. The molecule has 2 N–H and O–H groups in total. The Balaban J connectivity index is 1.83. The van der Waals surface area contributed by atoms with E-state index in [0.717, 1.165) is 12.0 Å². The molecule has 1 atom stereocenters. The first-order valence-electron chi connectivity index (χ1n) is 6.97. The van der Waals surface area contributed by atoms with Crippen LogP contribution in [0.2, 0.25) is 0 Å². The van der Waals surface area contributed by atoms with Gasteiger partial charge in [-0.25, -0.2) is 0 Å². The lowest BCUT2D eigenvalue weighted by Crippen LogP contribution is -2.28. The molecule has 1 aromatic carbocycles. The highest BCUT2D eigenvalue weighted by Crippen LogP contribution is 2.40. The van der Waals surface area contributed by atoms with Crippen LogP contribution in [0.1, 0.15) is 44.2 Å². The van der Waals surface area contributed by atoms with Crippen molar-refractivity contribution >= 4 is 21.6 Å². The minimum atomic E-state index is 0.105. The number of halogens is 1. The minimum Gasteiger partial charge on any atom is -0.367 e. The fraction of sp³-hybridized carbons (Fsp3) is 0.600. The number of anilines is 1. The van der Waals surface area contributed by atoms with Crippen LogP contribution in [-0.4, -0.2) is 12.6 Å². The average molecular weight is 309 g/mol. The highest BCUT2D eigenvalue weighted by atomic mass is 79.9. The van der Waals surface area contributed by atoms with Crippen molar-refractivity contribution in [3.63, 3.8) is 0 Å². The maximum Gasteiger partial charge on any atom is 0.0513 e. The van der Waals surface area contributed by atoms with Crippen LogP contribution in [0.4, 0.5) is 5.69 Å². The first-order valence-corrected chi connectivity index (χ1v) is 7.76. The molecule has 0 radical (unpaired) electrons. The number of hydrogen-bond acceptors (Lipinski definition) is 2. The van der Waals surface area contributed by atoms with E-state index < -0.39 is 0 Å². The van der Waals surface area contributed by atoms with Gasteiger partial charge in [-0.05, 0) is 72.2 Å². The molecule has 0 aromatic heterocycles. The molecule has 98 valence electrons. The van der Waals surface area contributed by atoms with Gasteiger partial charge in [0.25, 0.3) is 0 Å². The fourth-order valence-corrected chi connectivity index (χ4v) is 3.07. The van der Waals surface area contributed by atoms with Crippen molar-refractivity contribution in [3.8, 4) is 0 Å². The van der Waals surface area contributed by atoms with E-state index in [-0.39, 0.29) is 6.04 Å². The molecule has 2 aliphatic rings. The van der Waals surface area contributed by atoms with E-state index in [1.807, 2.05) is 6.92 Å². The van der Waals surface area contributed by atoms with Crippen LogP contribution in [0.15, 0.2) is 22.7 Å². The average Bonchev–Trinajstić information content (AvgIpc) is 3.19. The zero-order valence-corrected chi connectivity index (χ0v) is 12.5. The molecular weight excluding hydrogens is 288 g/mol. The van der Waals surface area contributed by atoms with E-state index >= 15 is 0 Å². The van der Waals surface area contributed by atoms with Gasteiger partial charge in [-0.2, -0.15) is 0 Å². The number of nitrogens with two attached hydrogens (primary N) is 1. The number of hydrogen-bond donors (Lipinski definition) is 1. The molecule has 0 heterocycles. The first kappa shape index (κ1) is 12.5. The highest BCUT2D eigenvalue weighted by Gasteiger charge is 2.34. The first-order chi connectivity index (χ1) is 8.65. The quantitative estimate of drug-likeness (QED) is 0.895. The van der Waals surface area contributed by atoms with E-state index in [1.165, 1.54) is 48.0 Å². The maximum absolute atomic E-state index is 5.94. The Morgan fingerprint density at radius 3 is 2.56 bits per heavy atom. The molecular formula is C15H21BrN2. The monoisotopic (exact) mass is 308 g/mol. The van der Waals surface area contributed by atoms with E-state index in [4.69, 9.17) is 5.73 Å². The predicted octanol–water partition coefficient (Wildman–Crippen LogP) is 3.85. The summed E-state index contributed by atoms with van der Waals surface area (Å²) in [5.74, 6) is 0.936. The summed E-state index contributed by atoms with van der Waals surface area (Å²) in [5, 5.41) is 0. The lowest BCUT2D eigenvalue weighted by atomic mass is 10.1. The van der Waals surface area contributed by atoms with Gasteiger partial charge in [0, 0.05) is 23.1 Å². The summed E-state index contributed by atoms with van der Waals surface area (Å²) in [7, 11) is 0. The lowest BCUT2D eigenvalue weighted by Gasteiger charge is -2.26. The van der Waals surface area contributed by atoms with Gasteiger partial charge < -0.3 is 10.6 Å². The molecule has 0 saturated heterocycles. The molecule has 0 unspecified atom stereocenters. The van der Waals surface area contributed by atoms with Crippen LogP contribution >= 0.6 is 15.9 Å². The number of rotatable bonds is 5. The number of nitrogens with zero attached hydrogens (tertiary/aromatic N) is 1. The lowest BCUT2D eigenvalue weighted by molar-refractivity contribution is 0.716. The largest absolute Gasteiger partial charge is 0.367 e. The molecule has 2 fully saturated rings. The summed E-state index contributed by atoms with van der Waals surface area (Å²) in [6.07, 6.45) is 5.54. The van der Waals surface area contributed by atoms with Gasteiger partial charge in [0.1, 0.15) is 0 Å². The summed E-state index contributed by atoms with van der Waals surface area (Å²) < 4.78 is 1.20. The van der Waals surface area contributed by atoms with Crippen LogP contribution in [0.25, 0.3) is 0 Å². The molecule has 3 rings (SSSR count). The molecule has 18 heavy (non-hydrogen) atoms. The van der Waals surface area contributed by atoms with Gasteiger partial charge >= 0.3 is 0 Å². The third kappa shape index (κ3) is 2.72. The zero-order valence-electron chi connectivity index (χ0n) is 10.9. The fourth-order valence-electron chi connectivity index (χ4n) is 2.45. The van der Waals surface area contributed by atoms with E-state index in [9.17, 15) is 0 Å². The minimum absolute atomic E-state index is 0.105. The van der Waals surface area contributed by atoms with Crippen LogP contribution in [-0.2, 0) is 0 Å². The van der Waals surface area contributed by atoms with Gasteiger partial charge in [0.2, 0.25) is 0 Å². The second-order valence-electron chi connectivity index (χ2n) is 5.83. The van der Waals surface area contributed by atoms with Crippen LogP contribution < -0.4 is 10.6 Å². The van der Waals surface area contributed by atoms with Crippen molar-refractivity contribution in [2.45, 2.75) is 44.7 Å². The van der Waals surface area contributed by atoms with Crippen molar-refractivity contribution in [2.75, 3.05) is 11.4 Å². The molecule has 0 bridgehead atoms.